The van der Waals surface area contributed by atoms with Crippen LogP contribution in [-0.4, -0.2) is 18.4 Å². The minimum Gasteiger partial charge on any atom is -0.255 e. The topological polar surface area (TPSA) is 72.0 Å². The maximum atomic E-state index is 12.6. The van der Waals surface area contributed by atoms with Gasteiger partial charge < -0.3 is 0 Å². The van der Waals surface area contributed by atoms with E-state index >= 15 is 0 Å². The van der Waals surface area contributed by atoms with Crippen molar-refractivity contribution in [1.29, 1.82) is 0 Å². The van der Waals surface area contributed by atoms with Crippen LogP contribution in [0.3, 0.4) is 0 Å². The maximum absolute atomic E-state index is 12.6. The van der Waals surface area contributed by atoms with Gasteiger partial charge in [0.15, 0.2) is 0 Å². The lowest BCUT2D eigenvalue weighted by atomic mass is 9.92. The van der Waals surface area contributed by atoms with Gasteiger partial charge in [-0.3, -0.25) is 4.98 Å². The lowest BCUT2D eigenvalue weighted by Crippen LogP contribution is -2.23. The van der Waals surface area contributed by atoms with Gasteiger partial charge in [-0.2, -0.15) is 0 Å². The molecule has 1 aliphatic rings. The molecule has 0 bridgehead atoms. The molecule has 4 rings (SSSR count). The highest BCUT2D eigenvalue weighted by Gasteiger charge is 2.18. The average Bonchev–Trinajstić information content (AvgIpc) is 3.16. The van der Waals surface area contributed by atoms with Gasteiger partial charge in [0.1, 0.15) is 5.01 Å². The minimum absolute atomic E-state index is 0.177. The summed E-state index contributed by atoms with van der Waals surface area (Å²) in [4.78, 5) is 9.07. The zero-order chi connectivity index (χ0) is 18.0. The first kappa shape index (κ1) is 17.3. The van der Waals surface area contributed by atoms with Crippen LogP contribution in [0.25, 0.3) is 11.4 Å². The zero-order valence-electron chi connectivity index (χ0n) is 14.2. The van der Waals surface area contributed by atoms with Crippen molar-refractivity contribution >= 4 is 21.4 Å². The quantitative estimate of drug-likeness (QED) is 0.729. The number of aromatic nitrogens is 2. The van der Waals surface area contributed by atoms with Gasteiger partial charge in [0.2, 0.25) is 10.0 Å². The molecular formula is C19H19N3O2S2. The van der Waals surface area contributed by atoms with Crippen LogP contribution in [-0.2, 0) is 29.4 Å². The highest BCUT2D eigenvalue weighted by atomic mass is 32.2. The number of thiazole rings is 1. The van der Waals surface area contributed by atoms with Gasteiger partial charge in [-0.15, -0.1) is 11.3 Å². The fraction of sp³-hybridized carbons (Fsp3) is 0.263. The van der Waals surface area contributed by atoms with Crippen molar-refractivity contribution in [2.45, 2.75) is 37.1 Å². The Kier molecular flexibility index (Phi) is 4.84. The number of fused-ring (bicyclic) bond motifs is 1. The van der Waals surface area contributed by atoms with Gasteiger partial charge in [-0.25, -0.2) is 18.1 Å². The largest absolute Gasteiger partial charge is 0.255 e. The molecule has 0 radical (unpaired) electrons. The van der Waals surface area contributed by atoms with Gasteiger partial charge in [0.25, 0.3) is 0 Å². The Morgan fingerprint density at radius 2 is 1.88 bits per heavy atom. The first-order valence-corrected chi connectivity index (χ1v) is 11.0. The Labute approximate surface area is 157 Å². The van der Waals surface area contributed by atoms with Crippen LogP contribution in [0.5, 0.6) is 0 Å². The van der Waals surface area contributed by atoms with E-state index < -0.39 is 10.0 Å². The van der Waals surface area contributed by atoms with Crippen LogP contribution in [0, 0.1) is 0 Å². The Morgan fingerprint density at radius 1 is 1.04 bits per heavy atom. The number of nitrogens with zero attached hydrogens (tertiary/aromatic N) is 2. The molecular weight excluding hydrogens is 366 g/mol. The van der Waals surface area contributed by atoms with E-state index in [1.54, 1.807) is 12.3 Å². The molecule has 5 nitrogen and oxygen atoms in total. The summed E-state index contributed by atoms with van der Waals surface area (Å²) >= 11 is 1.43. The number of benzene rings is 1. The molecule has 7 heteroatoms. The van der Waals surface area contributed by atoms with E-state index in [-0.39, 0.29) is 6.54 Å². The minimum atomic E-state index is -3.55. The van der Waals surface area contributed by atoms with Crippen molar-refractivity contribution in [3.05, 3.63) is 64.1 Å². The van der Waals surface area contributed by atoms with Crippen LogP contribution >= 0.6 is 11.3 Å². The fourth-order valence-corrected chi connectivity index (χ4v) is 5.00. The summed E-state index contributed by atoms with van der Waals surface area (Å²) in [5, 5.41) is 2.61. The number of rotatable bonds is 5. The first-order valence-electron chi connectivity index (χ1n) is 8.59. The third kappa shape index (κ3) is 3.70. The molecule has 2 aromatic heterocycles. The van der Waals surface area contributed by atoms with Crippen molar-refractivity contribution in [2.75, 3.05) is 0 Å². The summed E-state index contributed by atoms with van der Waals surface area (Å²) < 4.78 is 27.9. The molecule has 134 valence electrons. The van der Waals surface area contributed by atoms with Crippen LogP contribution in [0.2, 0.25) is 0 Å². The van der Waals surface area contributed by atoms with Crippen LogP contribution < -0.4 is 4.72 Å². The summed E-state index contributed by atoms with van der Waals surface area (Å²) in [6.45, 7) is 0.177. The SMILES string of the molecule is O=S(=O)(NCc1nc(-c2ccccn2)cs1)c1ccc2c(c1)CCCC2. The van der Waals surface area contributed by atoms with Gasteiger partial charge in [-0.05, 0) is 61.1 Å². The van der Waals surface area contributed by atoms with Gasteiger partial charge >= 0.3 is 0 Å². The summed E-state index contributed by atoms with van der Waals surface area (Å²) in [6, 6.07) is 11.1. The summed E-state index contributed by atoms with van der Waals surface area (Å²) in [6.07, 6.45) is 6.02. The monoisotopic (exact) mass is 385 g/mol. The summed E-state index contributed by atoms with van der Waals surface area (Å²) in [7, 11) is -3.55. The highest BCUT2D eigenvalue weighted by Crippen LogP contribution is 2.24. The summed E-state index contributed by atoms with van der Waals surface area (Å²) in [5.74, 6) is 0. The number of sulfonamides is 1. The predicted molar refractivity (Wildman–Crippen MR) is 102 cm³/mol. The lowest BCUT2D eigenvalue weighted by Gasteiger charge is -2.16. The second-order valence-corrected chi connectivity index (χ2v) is 9.01. The highest BCUT2D eigenvalue weighted by molar-refractivity contribution is 7.89. The smallest absolute Gasteiger partial charge is 0.240 e. The van der Waals surface area contributed by atoms with E-state index in [4.69, 9.17) is 0 Å². The van der Waals surface area contributed by atoms with Crippen LogP contribution in [0.1, 0.15) is 29.0 Å². The Balaban J connectivity index is 1.48. The van der Waals surface area contributed by atoms with Gasteiger partial charge in [0.05, 0.1) is 22.8 Å². The van der Waals surface area contributed by atoms with Crippen molar-refractivity contribution in [2.24, 2.45) is 0 Å². The first-order chi connectivity index (χ1) is 12.6. The molecule has 1 aromatic carbocycles. The van der Waals surface area contributed by atoms with E-state index in [9.17, 15) is 8.42 Å². The van der Waals surface area contributed by atoms with Gasteiger partial charge in [0, 0.05) is 11.6 Å². The molecule has 2 heterocycles. The van der Waals surface area contributed by atoms with E-state index in [2.05, 4.69) is 14.7 Å². The second kappa shape index (κ2) is 7.26. The predicted octanol–water partition coefficient (Wildman–Crippen LogP) is 3.56. The van der Waals surface area contributed by atoms with Crippen molar-refractivity contribution in [3.63, 3.8) is 0 Å². The van der Waals surface area contributed by atoms with Crippen molar-refractivity contribution < 1.29 is 8.42 Å². The van der Waals surface area contributed by atoms with Crippen LogP contribution in [0.4, 0.5) is 0 Å². The van der Waals surface area contributed by atoms with E-state index in [1.165, 1.54) is 23.3 Å². The Hall–Kier alpha value is -2.09. The van der Waals surface area contributed by atoms with Crippen molar-refractivity contribution in [3.8, 4) is 11.4 Å². The molecule has 0 saturated carbocycles. The molecule has 0 amide bonds. The standard InChI is InChI=1S/C19H19N3O2S2/c23-26(24,16-9-8-14-5-1-2-6-15(14)11-16)21-12-19-22-18(13-25-19)17-7-3-4-10-20-17/h3-4,7-11,13,21H,1-2,5-6,12H2. The zero-order valence-corrected chi connectivity index (χ0v) is 15.8. The molecule has 0 atom stereocenters. The van der Waals surface area contributed by atoms with E-state index in [0.29, 0.717) is 9.90 Å². The number of aryl methyl sites for hydroxylation is 2. The van der Waals surface area contributed by atoms with Crippen molar-refractivity contribution in [1.82, 2.24) is 14.7 Å². The molecule has 1 N–H and O–H groups in total. The molecule has 0 saturated heterocycles. The fourth-order valence-electron chi connectivity index (χ4n) is 3.14. The number of pyridine rings is 1. The molecule has 0 spiro atoms. The average molecular weight is 386 g/mol. The van der Waals surface area contributed by atoms with E-state index in [1.807, 2.05) is 35.7 Å². The molecule has 0 aliphatic heterocycles. The normalized spacial score (nSPS) is 14.2. The van der Waals surface area contributed by atoms with Gasteiger partial charge in [-0.1, -0.05) is 12.1 Å². The molecule has 0 fully saturated rings. The number of hydrogen-bond donors (Lipinski definition) is 1. The molecule has 0 unspecified atom stereocenters. The van der Waals surface area contributed by atoms with E-state index in [0.717, 1.165) is 36.2 Å². The molecule has 1 aliphatic carbocycles. The maximum Gasteiger partial charge on any atom is 0.240 e. The third-order valence-corrected chi connectivity index (χ3v) is 6.77. The molecule has 26 heavy (non-hydrogen) atoms. The Bertz CT molecular complexity index is 1010. The second-order valence-electron chi connectivity index (χ2n) is 6.30. The molecule has 3 aromatic rings. The third-order valence-electron chi connectivity index (χ3n) is 4.52. The Morgan fingerprint density at radius 3 is 2.69 bits per heavy atom. The number of nitrogens with one attached hydrogen (secondary N) is 1. The summed E-state index contributed by atoms with van der Waals surface area (Å²) in [5.41, 5.74) is 3.98. The number of hydrogen-bond acceptors (Lipinski definition) is 5. The lowest BCUT2D eigenvalue weighted by molar-refractivity contribution is 0.580. The van der Waals surface area contributed by atoms with Crippen LogP contribution in [0.15, 0.2) is 52.9 Å².